The van der Waals surface area contributed by atoms with E-state index in [4.69, 9.17) is 0 Å². The second-order valence-electron chi connectivity index (χ2n) is 1.85. The van der Waals surface area contributed by atoms with Crippen LogP contribution in [0.15, 0.2) is 4.99 Å². The summed E-state index contributed by atoms with van der Waals surface area (Å²) in [6.45, 7) is 1.97. The van der Waals surface area contributed by atoms with E-state index in [1.54, 1.807) is 14.1 Å². The van der Waals surface area contributed by atoms with Crippen LogP contribution < -0.4 is 0 Å². The van der Waals surface area contributed by atoms with Gasteiger partial charge in [-0.1, -0.05) is 0 Å². The van der Waals surface area contributed by atoms with Crippen molar-refractivity contribution in [2.75, 3.05) is 34.2 Å². The van der Waals surface area contributed by atoms with E-state index in [1.165, 1.54) is 0 Å². The number of hydrogen-bond donors (Lipinski definition) is 0. The fraction of sp³-hybridized carbons (Fsp3) is 0.833. The van der Waals surface area contributed by atoms with Crippen molar-refractivity contribution in [3.63, 3.8) is 0 Å². The molecule has 1 rings (SSSR count). The van der Waals surface area contributed by atoms with Gasteiger partial charge in [0.05, 0.1) is 0 Å². The van der Waals surface area contributed by atoms with E-state index in [2.05, 4.69) is 16.6 Å². The first kappa shape index (κ1) is 13.1. The maximum absolute atomic E-state index is 3.84. The Morgan fingerprint density at radius 2 is 2.00 bits per heavy atom. The van der Waals surface area contributed by atoms with Crippen LogP contribution in [-0.4, -0.2) is 45.5 Å². The van der Waals surface area contributed by atoms with Crippen molar-refractivity contribution in [3.05, 3.63) is 5.32 Å². The molecule has 0 aromatic heterocycles. The number of nitrogens with zero attached hydrogens (tertiary/aromatic N) is 3. The smallest absolute Gasteiger partial charge is 0.0166 e. The van der Waals surface area contributed by atoms with Crippen molar-refractivity contribution in [1.82, 2.24) is 4.90 Å². The van der Waals surface area contributed by atoms with Gasteiger partial charge >= 0.3 is 0 Å². The first-order valence-electron chi connectivity index (χ1n) is 2.92. The molecule has 10 heavy (non-hydrogen) atoms. The summed E-state index contributed by atoms with van der Waals surface area (Å²) in [7, 11) is 5.47. The fourth-order valence-corrected chi connectivity index (χ4v) is 0.421. The zero-order valence-electron chi connectivity index (χ0n) is 6.83. The first-order valence-corrected chi connectivity index (χ1v) is 2.92. The predicted octanol–water partition coefficient (Wildman–Crippen LogP) is 0.454. The molecule has 0 N–H and O–H groups in total. The van der Waals surface area contributed by atoms with Gasteiger partial charge < -0.3 is 15.2 Å². The number of rotatable bonds is 0. The molecule has 0 saturated heterocycles. The molecule has 0 atom stereocenters. The van der Waals surface area contributed by atoms with Crippen LogP contribution in [0.3, 0.4) is 0 Å². The molecule has 0 saturated carbocycles. The number of hydrogen-bond acceptors (Lipinski definition) is 2. The third-order valence-electron chi connectivity index (χ3n) is 0.789. The maximum Gasteiger partial charge on any atom is 0.0166 e. The van der Waals surface area contributed by atoms with Crippen LogP contribution in [0.5, 0.6) is 0 Å². The average Bonchev–Trinajstić information content (AvgIpc) is 2.20. The Hall–Kier alpha value is 0.534. The molecule has 0 fully saturated rings. The van der Waals surface area contributed by atoms with Gasteiger partial charge in [-0.3, -0.25) is 6.34 Å². The van der Waals surface area contributed by atoms with Gasteiger partial charge in [-0.25, -0.2) is 0 Å². The van der Waals surface area contributed by atoms with Crippen LogP contribution in [0.4, 0.5) is 0 Å². The first-order chi connectivity index (χ1) is 4.31. The predicted molar refractivity (Wildman–Crippen MR) is 40.1 cm³/mol. The van der Waals surface area contributed by atoms with E-state index in [1.807, 2.05) is 11.9 Å². The Morgan fingerprint density at radius 1 is 1.50 bits per heavy atom. The fourth-order valence-electron chi connectivity index (χ4n) is 0.421. The van der Waals surface area contributed by atoms with Gasteiger partial charge in [0.2, 0.25) is 0 Å². The van der Waals surface area contributed by atoms with E-state index < -0.39 is 0 Å². The monoisotopic (exact) mass is 216 g/mol. The average molecular weight is 216 g/mol. The Labute approximate surface area is 88.2 Å². The van der Waals surface area contributed by atoms with Gasteiger partial charge in [0.15, 0.2) is 0 Å². The summed E-state index contributed by atoms with van der Waals surface area (Å²) in [4.78, 5) is 5.78. The molecule has 0 amide bonds. The molecule has 3 nitrogen and oxygen atoms in total. The SMILES string of the molecule is CN1[C-]=NCC1.C[N-]C.[Y]. The Balaban J connectivity index is 0. The van der Waals surface area contributed by atoms with Crippen LogP contribution in [0.2, 0.25) is 0 Å². The van der Waals surface area contributed by atoms with Crippen LogP contribution in [0.1, 0.15) is 0 Å². The van der Waals surface area contributed by atoms with Crippen molar-refractivity contribution in [2.24, 2.45) is 4.99 Å². The number of aliphatic imine (C=N–C) groups is 1. The van der Waals surface area contributed by atoms with Gasteiger partial charge in [0.25, 0.3) is 0 Å². The van der Waals surface area contributed by atoms with Crippen LogP contribution in [0.25, 0.3) is 5.32 Å². The van der Waals surface area contributed by atoms with Gasteiger partial charge in [0.1, 0.15) is 0 Å². The van der Waals surface area contributed by atoms with Gasteiger partial charge in [-0.05, 0) is 7.05 Å². The van der Waals surface area contributed by atoms with Crippen molar-refractivity contribution in [1.29, 1.82) is 0 Å². The zero-order chi connectivity index (χ0) is 7.11. The summed E-state index contributed by atoms with van der Waals surface area (Å²) in [5.74, 6) is 0. The topological polar surface area (TPSA) is 29.7 Å². The van der Waals surface area contributed by atoms with Crippen molar-refractivity contribution < 1.29 is 32.7 Å². The normalized spacial score (nSPS) is 13.7. The van der Waals surface area contributed by atoms with Crippen molar-refractivity contribution >= 4 is 6.34 Å². The van der Waals surface area contributed by atoms with Crippen molar-refractivity contribution in [2.45, 2.75) is 0 Å². The molecule has 0 unspecified atom stereocenters. The summed E-state index contributed by atoms with van der Waals surface area (Å²) in [5.41, 5.74) is 0. The van der Waals surface area contributed by atoms with E-state index in [0.717, 1.165) is 13.1 Å². The molecule has 0 aromatic rings. The third-order valence-corrected chi connectivity index (χ3v) is 0.789. The second-order valence-corrected chi connectivity index (χ2v) is 1.85. The molecule has 1 aliphatic heterocycles. The summed E-state index contributed by atoms with van der Waals surface area (Å²) < 4.78 is 0. The third kappa shape index (κ3) is 8.53. The molecule has 4 heteroatoms. The second kappa shape index (κ2) is 9.53. The molecule has 0 spiro atoms. The zero-order valence-corrected chi connectivity index (χ0v) is 9.67. The Bertz CT molecular complexity index is 85.1. The van der Waals surface area contributed by atoms with E-state index in [9.17, 15) is 0 Å². The molecule has 1 heterocycles. The molecule has 0 aliphatic carbocycles. The summed E-state index contributed by atoms with van der Waals surface area (Å²) in [5, 5.41) is 3.50. The maximum atomic E-state index is 3.84. The largest absolute Gasteiger partial charge is 0.668 e. The minimum Gasteiger partial charge on any atom is -0.668 e. The molecule has 0 bridgehead atoms. The van der Waals surface area contributed by atoms with E-state index in [-0.39, 0.29) is 32.7 Å². The summed E-state index contributed by atoms with van der Waals surface area (Å²) >= 11 is 0. The van der Waals surface area contributed by atoms with Gasteiger partial charge in [-0.2, -0.15) is 14.1 Å². The number of likely N-dealkylation sites (N-methyl/N-ethyl adjacent to an activating group) is 1. The molecule has 0 aromatic carbocycles. The van der Waals surface area contributed by atoms with E-state index in [0.29, 0.717) is 0 Å². The van der Waals surface area contributed by atoms with E-state index >= 15 is 0 Å². The summed E-state index contributed by atoms with van der Waals surface area (Å²) in [6, 6.07) is 0. The molecular formula is C6H13N3Y-2. The molecule has 1 radical (unpaired) electrons. The quantitative estimate of drug-likeness (QED) is 0.541. The van der Waals surface area contributed by atoms with Crippen LogP contribution >= 0.6 is 0 Å². The minimum atomic E-state index is 0. The molecular weight excluding hydrogens is 203 g/mol. The van der Waals surface area contributed by atoms with Crippen molar-refractivity contribution in [3.8, 4) is 0 Å². The summed E-state index contributed by atoms with van der Waals surface area (Å²) in [6.07, 6.45) is 2.78. The minimum absolute atomic E-state index is 0. The van der Waals surface area contributed by atoms with Gasteiger partial charge in [0, 0.05) is 45.8 Å². The molecule has 1 aliphatic rings. The van der Waals surface area contributed by atoms with Crippen LogP contribution in [-0.2, 0) is 32.7 Å². The van der Waals surface area contributed by atoms with Crippen LogP contribution in [0, 0.1) is 0 Å². The Morgan fingerprint density at radius 3 is 2.10 bits per heavy atom. The standard InChI is InChI=1S/C4H7N2.C2H6N.Y/c1-6-3-2-5-4-6;1-3-2;/h2-3H2,1H3;1-2H3;/q2*-1;. The Kier molecular flexibility index (Phi) is 12.5. The van der Waals surface area contributed by atoms with Gasteiger partial charge in [-0.15, -0.1) is 0 Å². The molecule has 57 valence electrons.